The fourth-order valence-electron chi connectivity index (χ4n) is 2.42. The van der Waals surface area contributed by atoms with Gasteiger partial charge in [0.15, 0.2) is 0 Å². The molecule has 0 radical (unpaired) electrons. The van der Waals surface area contributed by atoms with Crippen molar-refractivity contribution in [3.8, 4) is 0 Å². The first kappa shape index (κ1) is 19.2. The maximum absolute atomic E-state index is 12.1. The molecule has 0 aliphatic carbocycles. The van der Waals surface area contributed by atoms with E-state index in [9.17, 15) is 9.90 Å². The molecule has 6 heteroatoms. The van der Waals surface area contributed by atoms with E-state index in [4.69, 9.17) is 16.3 Å². The molecule has 2 unspecified atom stereocenters. The van der Waals surface area contributed by atoms with Crippen molar-refractivity contribution in [1.82, 2.24) is 5.32 Å². The van der Waals surface area contributed by atoms with Crippen LogP contribution in [-0.2, 0) is 4.74 Å². The molecule has 2 aromatic carbocycles. The van der Waals surface area contributed by atoms with E-state index in [1.165, 1.54) is 0 Å². The van der Waals surface area contributed by atoms with Crippen molar-refractivity contribution in [2.45, 2.75) is 19.3 Å². The molecule has 5 nitrogen and oxygen atoms in total. The molecule has 25 heavy (non-hydrogen) atoms. The third-order valence-corrected chi connectivity index (χ3v) is 4.13. The van der Waals surface area contributed by atoms with Crippen molar-refractivity contribution in [1.29, 1.82) is 0 Å². The molecule has 0 fully saturated rings. The van der Waals surface area contributed by atoms with Crippen LogP contribution in [0.3, 0.4) is 0 Å². The minimum atomic E-state index is -0.749. The molecular formula is C19H23ClN2O3. The predicted octanol–water partition coefficient (Wildman–Crippen LogP) is 2.93. The van der Waals surface area contributed by atoms with Gasteiger partial charge in [0.2, 0.25) is 0 Å². The molecule has 0 bridgehead atoms. The van der Waals surface area contributed by atoms with E-state index in [0.717, 1.165) is 5.69 Å². The minimum absolute atomic E-state index is 0.147. The average Bonchev–Trinajstić information content (AvgIpc) is 2.65. The Bertz CT molecular complexity index is 664. The van der Waals surface area contributed by atoms with Crippen molar-refractivity contribution in [2.75, 3.05) is 25.1 Å². The second-order valence-electron chi connectivity index (χ2n) is 5.69. The van der Waals surface area contributed by atoms with Gasteiger partial charge in [-0.3, -0.25) is 4.79 Å². The number of rotatable bonds is 8. The summed E-state index contributed by atoms with van der Waals surface area (Å²) in [5, 5.41) is 13.7. The molecule has 2 N–H and O–H groups in total. The largest absolute Gasteiger partial charge is 0.389 e. The van der Waals surface area contributed by atoms with E-state index in [-0.39, 0.29) is 18.7 Å². The Morgan fingerprint density at radius 1 is 1.20 bits per heavy atom. The van der Waals surface area contributed by atoms with Gasteiger partial charge in [0.05, 0.1) is 6.10 Å². The monoisotopic (exact) mass is 362 g/mol. The van der Waals surface area contributed by atoms with Gasteiger partial charge in [-0.15, -0.1) is 0 Å². The zero-order chi connectivity index (χ0) is 18.2. The van der Waals surface area contributed by atoms with Crippen LogP contribution in [0.2, 0.25) is 5.02 Å². The van der Waals surface area contributed by atoms with Gasteiger partial charge in [-0.05, 0) is 43.3 Å². The number of carbonyl (C=O) groups is 1. The smallest absolute Gasteiger partial charge is 0.251 e. The number of halogens is 1. The number of nitrogens with zero attached hydrogens (tertiary/aromatic N) is 1. The molecule has 134 valence electrons. The highest BCUT2D eigenvalue weighted by Crippen LogP contribution is 2.20. The van der Waals surface area contributed by atoms with Crippen LogP contribution in [0.5, 0.6) is 0 Å². The summed E-state index contributed by atoms with van der Waals surface area (Å²) in [7, 11) is 1.61. The molecule has 1 amide bonds. The molecule has 0 aromatic heterocycles. The first-order valence-electron chi connectivity index (χ1n) is 8.07. The van der Waals surface area contributed by atoms with Gasteiger partial charge in [-0.25, -0.2) is 0 Å². The molecule has 0 saturated heterocycles. The van der Waals surface area contributed by atoms with E-state index < -0.39 is 6.10 Å². The normalized spacial score (nSPS) is 13.1. The lowest BCUT2D eigenvalue weighted by Crippen LogP contribution is -2.44. The summed E-state index contributed by atoms with van der Waals surface area (Å²) >= 11 is 5.93. The number of ether oxygens (including phenoxy) is 1. The number of benzene rings is 2. The van der Waals surface area contributed by atoms with Crippen molar-refractivity contribution in [3.05, 3.63) is 65.2 Å². The Hall–Kier alpha value is -2.08. The Labute approximate surface area is 153 Å². The fraction of sp³-hybridized carbons (Fsp3) is 0.316. The quantitative estimate of drug-likeness (QED) is 0.709. The predicted molar refractivity (Wildman–Crippen MR) is 100 cm³/mol. The summed E-state index contributed by atoms with van der Waals surface area (Å²) in [6.07, 6.45) is -0.985. The lowest BCUT2D eigenvalue weighted by Gasteiger charge is -2.32. The van der Waals surface area contributed by atoms with E-state index in [1.807, 2.05) is 30.0 Å². The highest BCUT2D eigenvalue weighted by atomic mass is 35.5. The molecule has 2 rings (SSSR count). The van der Waals surface area contributed by atoms with Crippen molar-refractivity contribution in [2.24, 2.45) is 0 Å². The molecule has 0 aliphatic rings. The zero-order valence-corrected chi connectivity index (χ0v) is 15.1. The van der Waals surface area contributed by atoms with Gasteiger partial charge in [-0.2, -0.15) is 0 Å². The minimum Gasteiger partial charge on any atom is -0.389 e. The summed E-state index contributed by atoms with van der Waals surface area (Å²) in [4.78, 5) is 14.0. The molecular weight excluding hydrogens is 340 g/mol. The summed E-state index contributed by atoms with van der Waals surface area (Å²) in [6, 6.07) is 16.2. The molecule has 2 atom stereocenters. The summed E-state index contributed by atoms with van der Waals surface area (Å²) in [5.41, 5.74) is 1.45. The average molecular weight is 363 g/mol. The number of amides is 1. The first-order valence-corrected chi connectivity index (χ1v) is 8.45. The highest BCUT2D eigenvalue weighted by molar-refractivity contribution is 6.30. The van der Waals surface area contributed by atoms with E-state index >= 15 is 0 Å². The maximum atomic E-state index is 12.1. The van der Waals surface area contributed by atoms with Crippen LogP contribution < -0.4 is 10.2 Å². The van der Waals surface area contributed by atoms with Crippen molar-refractivity contribution in [3.63, 3.8) is 0 Å². The second-order valence-corrected chi connectivity index (χ2v) is 6.13. The van der Waals surface area contributed by atoms with Crippen molar-refractivity contribution < 1.29 is 14.6 Å². The fourth-order valence-corrected chi connectivity index (χ4v) is 2.54. The number of aliphatic hydroxyl groups excluding tert-OH is 1. The highest BCUT2D eigenvalue weighted by Gasteiger charge is 2.18. The standard InChI is InChI=1S/C19H23ClN2O3/c1-14(25-2)22(17-10-8-16(20)9-11-17)13-18(23)12-21-19(24)15-6-4-3-5-7-15/h3-11,14,18,23H,12-13H2,1-2H3,(H,21,24). The number of nitrogens with one attached hydrogen (secondary N) is 1. The van der Waals surface area contributed by atoms with Gasteiger partial charge in [0.1, 0.15) is 6.23 Å². The van der Waals surface area contributed by atoms with Crippen LogP contribution in [0.25, 0.3) is 0 Å². The molecule has 0 spiro atoms. The van der Waals surface area contributed by atoms with E-state index in [2.05, 4.69) is 5.32 Å². The Morgan fingerprint density at radius 3 is 2.44 bits per heavy atom. The number of hydrogen-bond donors (Lipinski definition) is 2. The first-order chi connectivity index (χ1) is 12.0. The third-order valence-electron chi connectivity index (χ3n) is 3.88. The van der Waals surface area contributed by atoms with Crippen molar-refractivity contribution >= 4 is 23.2 Å². The number of methoxy groups -OCH3 is 1. The lowest BCUT2D eigenvalue weighted by molar-refractivity contribution is 0.0869. The lowest BCUT2D eigenvalue weighted by atomic mass is 10.2. The number of anilines is 1. The number of hydrogen-bond acceptors (Lipinski definition) is 4. The Balaban J connectivity index is 1.96. The summed E-state index contributed by atoms with van der Waals surface area (Å²) in [5.74, 6) is -0.211. The maximum Gasteiger partial charge on any atom is 0.251 e. The van der Waals surface area contributed by atoms with Crippen LogP contribution in [0.15, 0.2) is 54.6 Å². The van der Waals surface area contributed by atoms with Gasteiger partial charge < -0.3 is 20.1 Å². The summed E-state index contributed by atoms with van der Waals surface area (Å²) in [6.45, 7) is 2.35. The van der Waals surface area contributed by atoms with E-state index in [0.29, 0.717) is 17.1 Å². The third kappa shape index (κ3) is 5.74. The van der Waals surface area contributed by atoms with Gasteiger partial charge in [0.25, 0.3) is 5.91 Å². The molecule has 0 heterocycles. The number of aliphatic hydroxyl groups is 1. The topological polar surface area (TPSA) is 61.8 Å². The van der Waals surface area contributed by atoms with Gasteiger partial charge >= 0.3 is 0 Å². The number of carbonyl (C=O) groups excluding carboxylic acids is 1. The van der Waals surface area contributed by atoms with Crippen LogP contribution >= 0.6 is 11.6 Å². The van der Waals surface area contributed by atoms with E-state index in [1.54, 1.807) is 43.5 Å². The SMILES string of the molecule is COC(C)N(CC(O)CNC(=O)c1ccccc1)c1ccc(Cl)cc1. The van der Waals surface area contributed by atoms with Crippen LogP contribution in [0.4, 0.5) is 5.69 Å². The molecule has 0 aliphatic heterocycles. The Morgan fingerprint density at radius 2 is 1.84 bits per heavy atom. The zero-order valence-electron chi connectivity index (χ0n) is 14.4. The van der Waals surface area contributed by atoms with Gasteiger partial charge in [0, 0.05) is 36.5 Å². The summed E-state index contributed by atoms with van der Waals surface area (Å²) < 4.78 is 5.39. The molecule has 0 saturated carbocycles. The Kier molecular flexibility index (Phi) is 7.25. The van der Waals surface area contributed by atoms with Crippen LogP contribution in [0.1, 0.15) is 17.3 Å². The molecule has 2 aromatic rings. The second kappa shape index (κ2) is 9.42. The van der Waals surface area contributed by atoms with Crippen LogP contribution in [0, 0.1) is 0 Å². The van der Waals surface area contributed by atoms with Crippen LogP contribution in [-0.4, -0.2) is 43.5 Å². The van der Waals surface area contributed by atoms with Gasteiger partial charge in [-0.1, -0.05) is 29.8 Å².